The van der Waals surface area contributed by atoms with Crippen LogP contribution in [0.15, 0.2) is 54.7 Å². The molecular formula is C13H14N2O. The number of aromatic nitrogens is 1. The molecule has 0 aliphatic carbocycles. The third-order valence-corrected chi connectivity index (χ3v) is 2.25. The van der Waals surface area contributed by atoms with Crippen LogP contribution in [-0.4, -0.2) is 16.3 Å². The molecule has 1 unspecified atom stereocenters. The first-order valence-electron chi connectivity index (χ1n) is 5.24. The molecule has 0 aliphatic rings. The van der Waals surface area contributed by atoms with Crippen molar-refractivity contribution < 1.29 is 5.11 Å². The molecule has 16 heavy (non-hydrogen) atoms. The molecule has 2 aromatic rings. The fraction of sp³-hybridized carbons (Fsp3) is 0.154. The minimum atomic E-state index is -0.614. The van der Waals surface area contributed by atoms with E-state index in [-0.39, 0.29) is 0 Å². The van der Waals surface area contributed by atoms with Gasteiger partial charge in [0.1, 0.15) is 12.0 Å². The highest BCUT2D eigenvalue weighted by Gasteiger charge is 2.04. The monoisotopic (exact) mass is 214 g/mol. The smallest absolute Gasteiger partial charge is 0.129 e. The molecule has 0 fully saturated rings. The molecule has 2 rings (SSSR count). The summed E-state index contributed by atoms with van der Waals surface area (Å²) >= 11 is 0. The molecule has 0 amide bonds. The van der Waals surface area contributed by atoms with E-state index in [1.807, 2.05) is 48.5 Å². The molecule has 0 bridgehead atoms. The van der Waals surface area contributed by atoms with Crippen LogP contribution < -0.4 is 5.32 Å². The van der Waals surface area contributed by atoms with Crippen molar-refractivity contribution in [3.05, 3.63) is 60.3 Å². The summed E-state index contributed by atoms with van der Waals surface area (Å²) in [6.07, 6.45) is 1.65. The maximum absolute atomic E-state index is 9.80. The summed E-state index contributed by atoms with van der Waals surface area (Å²) in [6.45, 7) is 0. The molecule has 0 aliphatic heterocycles. The van der Waals surface area contributed by atoms with Crippen molar-refractivity contribution in [2.45, 2.75) is 12.6 Å². The largest absolute Gasteiger partial charge is 0.373 e. The molecule has 3 heteroatoms. The summed E-state index contributed by atoms with van der Waals surface area (Å²) in [5, 5.41) is 12.7. The number of hydrogen-bond acceptors (Lipinski definition) is 3. The van der Waals surface area contributed by atoms with Crippen LogP contribution >= 0.6 is 0 Å². The number of aliphatic hydroxyl groups is 1. The van der Waals surface area contributed by atoms with Crippen LogP contribution in [0.25, 0.3) is 0 Å². The van der Waals surface area contributed by atoms with Gasteiger partial charge in [-0.25, -0.2) is 4.98 Å². The lowest BCUT2D eigenvalue weighted by Gasteiger charge is -2.13. The number of benzene rings is 1. The molecule has 0 spiro atoms. The highest BCUT2D eigenvalue weighted by atomic mass is 16.3. The molecule has 0 saturated heterocycles. The molecule has 2 N–H and O–H groups in total. The number of aliphatic hydroxyl groups excluding tert-OH is 1. The van der Waals surface area contributed by atoms with E-state index in [0.717, 1.165) is 5.56 Å². The second-order valence-corrected chi connectivity index (χ2v) is 3.56. The van der Waals surface area contributed by atoms with Crippen LogP contribution in [0, 0.1) is 0 Å². The molecular weight excluding hydrogens is 200 g/mol. The lowest BCUT2D eigenvalue weighted by molar-refractivity contribution is 0.203. The van der Waals surface area contributed by atoms with Crippen LogP contribution in [-0.2, 0) is 6.42 Å². The van der Waals surface area contributed by atoms with E-state index in [9.17, 15) is 5.11 Å². The van der Waals surface area contributed by atoms with Gasteiger partial charge in [-0.2, -0.15) is 0 Å². The summed E-state index contributed by atoms with van der Waals surface area (Å²) in [5.74, 6) is 0.686. The SMILES string of the molecule is OC(Cc1ccccc1)Nc1ccccn1. The predicted molar refractivity (Wildman–Crippen MR) is 64.0 cm³/mol. The van der Waals surface area contributed by atoms with Gasteiger partial charge in [0.25, 0.3) is 0 Å². The van der Waals surface area contributed by atoms with Gasteiger partial charge < -0.3 is 10.4 Å². The molecule has 82 valence electrons. The molecule has 1 aromatic carbocycles. The minimum Gasteiger partial charge on any atom is -0.373 e. The van der Waals surface area contributed by atoms with Crippen LogP contribution in [0.3, 0.4) is 0 Å². The van der Waals surface area contributed by atoms with Gasteiger partial charge in [0, 0.05) is 12.6 Å². The summed E-state index contributed by atoms with van der Waals surface area (Å²) in [7, 11) is 0. The van der Waals surface area contributed by atoms with Crippen molar-refractivity contribution >= 4 is 5.82 Å². The number of anilines is 1. The van der Waals surface area contributed by atoms with Crippen LogP contribution in [0.5, 0.6) is 0 Å². The van der Waals surface area contributed by atoms with Crippen LogP contribution in [0.1, 0.15) is 5.56 Å². The van der Waals surface area contributed by atoms with E-state index in [4.69, 9.17) is 0 Å². The zero-order chi connectivity index (χ0) is 11.2. The van der Waals surface area contributed by atoms with Gasteiger partial charge in [0.15, 0.2) is 0 Å². The maximum atomic E-state index is 9.80. The highest BCUT2D eigenvalue weighted by molar-refractivity contribution is 5.34. The van der Waals surface area contributed by atoms with Gasteiger partial charge in [-0.3, -0.25) is 0 Å². The normalized spacial score (nSPS) is 12.1. The number of nitrogens with zero attached hydrogens (tertiary/aromatic N) is 1. The molecule has 1 heterocycles. The Morgan fingerprint density at radius 2 is 1.81 bits per heavy atom. The fourth-order valence-corrected chi connectivity index (χ4v) is 1.51. The van der Waals surface area contributed by atoms with Crippen molar-refractivity contribution in [2.24, 2.45) is 0 Å². The maximum Gasteiger partial charge on any atom is 0.129 e. The van der Waals surface area contributed by atoms with Crippen LogP contribution in [0.2, 0.25) is 0 Å². The zero-order valence-corrected chi connectivity index (χ0v) is 8.88. The lowest BCUT2D eigenvalue weighted by atomic mass is 10.1. The van der Waals surface area contributed by atoms with Crippen molar-refractivity contribution in [2.75, 3.05) is 5.32 Å². The van der Waals surface area contributed by atoms with E-state index in [2.05, 4.69) is 10.3 Å². The van der Waals surface area contributed by atoms with Crippen molar-refractivity contribution in [3.8, 4) is 0 Å². The summed E-state index contributed by atoms with van der Waals surface area (Å²) in [6, 6.07) is 15.4. The highest BCUT2D eigenvalue weighted by Crippen LogP contribution is 2.06. The van der Waals surface area contributed by atoms with Gasteiger partial charge in [0.2, 0.25) is 0 Å². The average molecular weight is 214 g/mol. The van der Waals surface area contributed by atoms with Gasteiger partial charge in [-0.1, -0.05) is 36.4 Å². The number of hydrogen-bond donors (Lipinski definition) is 2. The van der Waals surface area contributed by atoms with Gasteiger partial charge >= 0.3 is 0 Å². The number of pyridine rings is 1. The second kappa shape index (κ2) is 5.28. The zero-order valence-electron chi connectivity index (χ0n) is 8.88. The Morgan fingerprint density at radius 1 is 1.06 bits per heavy atom. The first-order valence-corrected chi connectivity index (χ1v) is 5.24. The Bertz CT molecular complexity index is 375. The van der Waals surface area contributed by atoms with E-state index in [1.54, 1.807) is 6.20 Å². The van der Waals surface area contributed by atoms with Crippen molar-refractivity contribution in [1.29, 1.82) is 0 Å². The Balaban J connectivity index is 1.92. The van der Waals surface area contributed by atoms with Gasteiger partial charge in [-0.05, 0) is 17.7 Å². The third-order valence-electron chi connectivity index (χ3n) is 2.25. The molecule has 0 radical (unpaired) electrons. The Labute approximate surface area is 94.8 Å². The topological polar surface area (TPSA) is 45.1 Å². The quantitative estimate of drug-likeness (QED) is 0.766. The standard InChI is InChI=1S/C13H14N2O/c16-13(10-11-6-2-1-3-7-11)15-12-8-4-5-9-14-12/h1-9,13,16H,10H2,(H,14,15). The van der Waals surface area contributed by atoms with Crippen LogP contribution in [0.4, 0.5) is 5.82 Å². The minimum absolute atomic E-state index is 0.567. The summed E-state index contributed by atoms with van der Waals surface area (Å²) in [4.78, 5) is 4.09. The van der Waals surface area contributed by atoms with E-state index >= 15 is 0 Å². The molecule has 1 atom stereocenters. The van der Waals surface area contributed by atoms with Gasteiger partial charge in [-0.15, -0.1) is 0 Å². The van der Waals surface area contributed by atoms with Crippen molar-refractivity contribution in [1.82, 2.24) is 4.98 Å². The lowest BCUT2D eigenvalue weighted by Crippen LogP contribution is -2.21. The number of nitrogens with one attached hydrogen (secondary N) is 1. The Morgan fingerprint density at radius 3 is 2.50 bits per heavy atom. The Kier molecular flexibility index (Phi) is 3.51. The van der Waals surface area contributed by atoms with E-state index in [0.29, 0.717) is 12.2 Å². The van der Waals surface area contributed by atoms with E-state index in [1.165, 1.54) is 0 Å². The summed E-state index contributed by atoms with van der Waals surface area (Å²) < 4.78 is 0. The van der Waals surface area contributed by atoms with Crippen molar-refractivity contribution in [3.63, 3.8) is 0 Å². The molecule has 0 saturated carbocycles. The second-order valence-electron chi connectivity index (χ2n) is 3.56. The first-order chi connectivity index (χ1) is 7.84. The third kappa shape index (κ3) is 3.07. The number of rotatable bonds is 4. The molecule has 3 nitrogen and oxygen atoms in total. The predicted octanol–water partition coefficient (Wildman–Crippen LogP) is 2.05. The molecule has 1 aromatic heterocycles. The Hall–Kier alpha value is -1.87. The first kappa shape index (κ1) is 10.6. The summed E-state index contributed by atoms with van der Waals surface area (Å²) in [5.41, 5.74) is 1.10. The fourth-order valence-electron chi connectivity index (χ4n) is 1.51. The van der Waals surface area contributed by atoms with E-state index < -0.39 is 6.23 Å². The average Bonchev–Trinajstić information content (AvgIpc) is 2.31. The van der Waals surface area contributed by atoms with Gasteiger partial charge in [0.05, 0.1) is 0 Å².